The molecule has 0 saturated carbocycles. The molecule has 2 aliphatic rings. The number of likely N-dealkylation sites (tertiary alicyclic amines) is 1. The van der Waals surface area contributed by atoms with E-state index in [-0.39, 0.29) is 0 Å². The number of rotatable bonds is 3. The molecule has 0 aromatic carbocycles. The van der Waals surface area contributed by atoms with Crippen LogP contribution in [0.2, 0.25) is 0 Å². The third-order valence-electron chi connectivity index (χ3n) is 4.75. The highest BCUT2D eigenvalue weighted by atomic mass is 16.3. The Labute approximate surface area is 116 Å². The summed E-state index contributed by atoms with van der Waals surface area (Å²) in [6.45, 7) is 8.02. The minimum Gasteiger partial charge on any atom is -0.465 e. The fourth-order valence-corrected chi connectivity index (χ4v) is 3.74. The molecule has 0 amide bonds. The van der Waals surface area contributed by atoms with Crippen molar-refractivity contribution in [3.8, 4) is 0 Å². The van der Waals surface area contributed by atoms with Crippen molar-refractivity contribution in [3.63, 3.8) is 0 Å². The molecule has 2 aliphatic heterocycles. The second kappa shape index (κ2) is 5.68. The standard InChI is InChI=1S/C16H26N2O/c1-2-14-5-6-15(19-14)11-18-10-4-8-16(13-18)7-3-9-17-12-16/h5-6,17H,2-4,7-13H2,1H3. The van der Waals surface area contributed by atoms with Gasteiger partial charge in [0.15, 0.2) is 0 Å². The molecule has 3 heterocycles. The Hall–Kier alpha value is -0.800. The molecule has 1 spiro atoms. The zero-order chi connectivity index (χ0) is 13.1. The number of piperidine rings is 2. The zero-order valence-electron chi connectivity index (χ0n) is 12.1. The van der Waals surface area contributed by atoms with Crippen LogP contribution in [0, 0.1) is 5.41 Å². The molecule has 3 rings (SSSR count). The van der Waals surface area contributed by atoms with Gasteiger partial charge in [-0.15, -0.1) is 0 Å². The molecule has 106 valence electrons. The van der Waals surface area contributed by atoms with Crippen LogP contribution in [0.15, 0.2) is 16.5 Å². The molecule has 2 saturated heterocycles. The maximum atomic E-state index is 5.85. The molecule has 0 radical (unpaired) electrons. The van der Waals surface area contributed by atoms with Crippen molar-refractivity contribution in [3.05, 3.63) is 23.7 Å². The first kappa shape index (κ1) is 13.2. The highest BCUT2D eigenvalue weighted by Crippen LogP contribution is 2.36. The van der Waals surface area contributed by atoms with E-state index in [1.54, 1.807) is 0 Å². The van der Waals surface area contributed by atoms with Crippen molar-refractivity contribution in [2.75, 3.05) is 26.2 Å². The van der Waals surface area contributed by atoms with E-state index in [1.165, 1.54) is 51.9 Å². The topological polar surface area (TPSA) is 28.4 Å². The van der Waals surface area contributed by atoms with Crippen LogP contribution < -0.4 is 5.32 Å². The third kappa shape index (κ3) is 3.03. The Morgan fingerprint density at radius 1 is 1.26 bits per heavy atom. The van der Waals surface area contributed by atoms with Crippen LogP contribution in [0.5, 0.6) is 0 Å². The lowest BCUT2D eigenvalue weighted by Gasteiger charge is -2.45. The van der Waals surface area contributed by atoms with E-state index in [1.807, 2.05) is 0 Å². The molecule has 19 heavy (non-hydrogen) atoms. The predicted molar refractivity (Wildman–Crippen MR) is 77.1 cm³/mol. The monoisotopic (exact) mass is 262 g/mol. The molecule has 1 N–H and O–H groups in total. The minimum atomic E-state index is 0.538. The molecule has 1 unspecified atom stereocenters. The quantitative estimate of drug-likeness (QED) is 0.908. The van der Waals surface area contributed by atoms with Gasteiger partial charge in [0.1, 0.15) is 11.5 Å². The van der Waals surface area contributed by atoms with Crippen LogP contribution in [0.4, 0.5) is 0 Å². The average molecular weight is 262 g/mol. The number of nitrogens with one attached hydrogen (secondary N) is 1. The molecule has 0 aliphatic carbocycles. The van der Waals surface area contributed by atoms with Crippen molar-refractivity contribution in [1.82, 2.24) is 10.2 Å². The van der Waals surface area contributed by atoms with E-state index < -0.39 is 0 Å². The van der Waals surface area contributed by atoms with E-state index in [9.17, 15) is 0 Å². The van der Waals surface area contributed by atoms with Gasteiger partial charge in [-0.2, -0.15) is 0 Å². The van der Waals surface area contributed by atoms with Crippen LogP contribution in [0.3, 0.4) is 0 Å². The Bertz CT molecular complexity index is 401. The van der Waals surface area contributed by atoms with E-state index in [4.69, 9.17) is 4.42 Å². The van der Waals surface area contributed by atoms with Crippen LogP contribution in [-0.4, -0.2) is 31.1 Å². The van der Waals surface area contributed by atoms with Crippen LogP contribution in [0.1, 0.15) is 44.1 Å². The van der Waals surface area contributed by atoms with Gasteiger partial charge in [0, 0.05) is 19.5 Å². The van der Waals surface area contributed by atoms with Gasteiger partial charge in [-0.05, 0) is 56.3 Å². The Morgan fingerprint density at radius 3 is 2.84 bits per heavy atom. The highest BCUT2D eigenvalue weighted by molar-refractivity contribution is 5.07. The normalized spacial score (nSPS) is 28.9. The molecule has 1 aromatic rings. The van der Waals surface area contributed by atoms with Gasteiger partial charge in [-0.25, -0.2) is 0 Å². The summed E-state index contributed by atoms with van der Waals surface area (Å²) >= 11 is 0. The van der Waals surface area contributed by atoms with E-state index in [2.05, 4.69) is 29.3 Å². The number of aryl methyl sites for hydroxylation is 1. The van der Waals surface area contributed by atoms with Gasteiger partial charge >= 0.3 is 0 Å². The van der Waals surface area contributed by atoms with E-state index in [0.717, 1.165) is 24.5 Å². The van der Waals surface area contributed by atoms with Gasteiger partial charge in [0.25, 0.3) is 0 Å². The van der Waals surface area contributed by atoms with E-state index >= 15 is 0 Å². The minimum absolute atomic E-state index is 0.538. The number of hydrogen-bond donors (Lipinski definition) is 1. The molecule has 1 atom stereocenters. The second-order valence-electron chi connectivity index (χ2n) is 6.32. The van der Waals surface area contributed by atoms with Crippen molar-refractivity contribution in [2.45, 2.75) is 45.6 Å². The summed E-state index contributed by atoms with van der Waals surface area (Å²) in [7, 11) is 0. The second-order valence-corrected chi connectivity index (χ2v) is 6.32. The molecule has 1 aromatic heterocycles. The average Bonchev–Trinajstić information content (AvgIpc) is 2.87. The van der Waals surface area contributed by atoms with Crippen molar-refractivity contribution in [2.24, 2.45) is 5.41 Å². The van der Waals surface area contributed by atoms with Gasteiger partial charge < -0.3 is 9.73 Å². The lowest BCUT2D eigenvalue weighted by molar-refractivity contribution is 0.0559. The summed E-state index contributed by atoms with van der Waals surface area (Å²) in [5.74, 6) is 2.25. The molecule has 2 fully saturated rings. The third-order valence-corrected chi connectivity index (χ3v) is 4.75. The van der Waals surface area contributed by atoms with Crippen LogP contribution in [0.25, 0.3) is 0 Å². The van der Waals surface area contributed by atoms with Crippen molar-refractivity contribution >= 4 is 0 Å². The largest absolute Gasteiger partial charge is 0.465 e. The molecule has 0 bridgehead atoms. The summed E-state index contributed by atoms with van der Waals surface area (Å²) in [5, 5.41) is 3.59. The van der Waals surface area contributed by atoms with Crippen molar-refractivity contribution < 1.29 is 4.42 Å². The summed E-state index contributed by atoms with van der Waals surface area (Å²) in [6.07, 6.45) is 6.47. The Morgan fingerprint density at radius 2 is 2.11 bits per heavy atom. The van der Waals surface area contributed by atoms with Gasteiger partial charge in [0.05, 0.1) is 6.54 Å². The first-order valence-electron chi connectivity index (χ1n) is 7.80. The zero-order valence-corrected chi connectivity index (χ0v) is 12.1. The van der Waals surface area contributed by atoms with Gasteiger partial charge in [-0.1, -0.05) is 6.92 Å². The lowest BCUT2D eigenvalue weighted by Crippen LogP contribution is -2.50. The first-order valence-corrected chi connectivity index (χ1v) is 7.80. The fourth-order valence-electron chi connectivity index (χ4n) is 3.74. The Balaban J connectivity index is 1.61. The van der Waals surface area contributed by atoms with E-state index in [0.29, 0.717) is 5.41 Å². The first-order chi connectivity index (χ1) is 9.30. The van der Waals surface area contributed by atoms with Gasteiger partial charge in [-0.3, -0.25) is 4.90 Å². The predicted octanol–water partition coefficient (Wildman–Crippen LogP) is 2.81. The van der Waals surface area contributed by atoms with Crippen molar-refractivity contribution in [1.29, 1.82) is 0 Å². The lowest BCUT2D eigenvalue weighted by atomic mass is 9.74. The summed E-state index contributed by atoms with van der Waals surface area (Å²) in [4.78, 5) is 2.59. The summed E-state index contributed by atoms with van der Waals surface area (Å²) < 4.78 is 5.85. The smallest absolute Gasteiger partial charge is 0.118 e. The number of nitrogens with zero attached hydrogens (tertiary/aromatic N) is 1. The number of hydrogen-bond acceptors (Lipinski definition) is 3. The van der Waals surface area contributed by atoms with Gasteiger partial charge in [0.2, 0.25) is 0 Å². The fraction of sp³-hybridized carbons (Fsp3) is 0.750. The maximum absolute atomic E-state index is 5.85. The Kier molecular flexibility index (Phi) is 3.94. The molecule has 3 heteroatoms. The van der Waals surface area contributed by atoms with Crippen LogP contribution >= 0.6 is 0 Å². The molecular formula is C16H26N2O. The number of furan rings is 1. The maximum Gasteiger partial charge on any atom is 0.118 e. The van der Waals surface area contributed by atoms with Crippen LogP contribution in [-0.2, 0) is 13.0 Å². The summed E-state index contributed by atoms with van der Waals surface area (Å²) in [6, 6.07) is 4.27. The summed E-state index contributed by atoms with van der Waals surface area (Å²) in [5.41, 5.74) is 0.538. The SMILES string of the molecule is CCc1ccc(CN2CCCC3(CCCNC3)C2)o1. The molecular weight excluding hydrogens is 236 g/mol. The molecule has 3 nitrogen and oxygen atoms in total. The highest BCUT2D eigenvalue weighted by Gasteiger charge is 2.36.